The van der Waals surface area contributed by atoms with Crippen LogP contribution in [0.2, 0.25) is 0 Å². The quantitative estimate of drug-likeness (QED) is 0.883. The Morgan fingerprint density at radius 1 is 1.41 bits per heavy atom. The number of rotatable bonds is 6. The number of methoxy groups -OCH3 is 1. The number of likely N-dealkylation sites (tertiary alicyclic amines) is 1. The van der Waals surface area contributed by atoms with Crippen LogP contribution in [-0.4, -0.2) is 40.8 Å². The molecule has 118 valence electrons. The minimum atomic E-state index is -0.273. The Bertz CT molecular complexity index is 628. The molecule has 1 aliphatic rings. The highest BCUT2D eigenvalue weighted by Gasteiger charge is 2.16. The van der Waals surface area contributed by atoms with E-state index in [1.54, 1.807) is 30.3 Å². The summed E-state index contributed by atoms with van der Waals surface area (Å²) in [6.07, 6.45) is 5.75. The van der Waals surface area contributed by atoms with Gasteiger partial charge in [0.1, 0.15) is 12.5 Å². The predicted octanol–water partition coefficient (Wildman–Crippen LogP) is 1.93. The van der Waals surface area contributed by atoms with Gasteiger partial charge in [-0.2, -0.15) is 5.10 Å². The number of aromatic nitrogens is 2. The smallest absolute Gasteiger partial charge is 0.291 e. The number of amides is 1. The lowest BCUT2D eigenvalue weighted by molar-refractivity contribution is 0.0993. The fourth-order valence-corrected chi connectivity index (χ4v) is 2.57. The Kier molecular flexibility index (Phi) is 4.55. The SMILES string of the molecule is COCn1cc(NC(=O)c2ccc(CN3CCCC3)o2)cn1. The Labute approximate surface area is 128 Å². The molecule has 0 radical (unpaired) electrons. The third-order valence-electron chi connectivity index (χ3n) is 3.62. The molecule has 1 N–H and O–H groups in total. The lowest BCUT2D eigenvalue weighted by Gasteiger charge is -2.11. The first-order valence-electron chi connectivity index (χ1n) is 7.38. The molecule has 0 atom stereocenters. The Morgan fingerprint density at radius 2 is 2.23 bits per heavy atom. The third kappa shape index (κ3) is 3.55. The van der Waals surface area contributed by atoms with Gasteiger partial charge in [-0.25, -0.2) is 4.68 Å². The molecular formula is C15H20N4O3. The summed E-state index contributed by atoms with van der Waals surface area (Å²) in [5, 5.41) is 6.82. The summed E-state index contributed by atoms with van der Waals surface area (Å²) in [7, 11) is 1.59. The van der Waals surface area contributed by atoms with E-state index in [0.29, 0.717) is 18.2 Å². The van der Waals surface area contributed by atoms with E-state index in [1.165, 1.54) is 12.8 Å². The first-order valence-corrected chi connectivity index (χ1v) is 7.38. The average molecular weight is 304 g/mol. The molecule has 0 spiro atoms. The molecule has 0 bridgehead atoms. The van der Waals surface area contributed by atoms with E-state index in [4.69, 9.17) is 9.15 Å². The van der Waals surface area contributed by atoms with Crippen LogP contribution in [0.25, 0.3) is 0 Å². The molecule has 0 aliphatic carbocycles. The average Bonchev–Trinajstić information content (AvgIpc) is 3.22. The standard InChI is InChI=1S/C15H20N4O3/c1-21-11-19-9-12(8-16-19)17-15(20)14-5-4-13(22-14)10-18-6-2-3-7-18/h4-5,8-9H,2-3,6-7,10-11H2,1H3,(H,17,20). The summed E-state index contributed by atoms with van der Waals surface area (Å²) in [5.41, 5.74) is 0.611. The van der Waals surface area contributed by atoms with Crippen molar-refractivity contribution >= 4 is 11.6 Å². The van der Waals surface area contributed by atoms with Crippen molar-refractivity contribution in [2.75, 3.05) is 25.5 Å². The molecule has 1 saturated heterocycles. The lowest BCUT2D eigenvalue weighted by Crippen LogP contribution is -2.17. The molecule has 7 heteroatoms. The second-order valence-electron chi connectivity index (χ2n) is 5.39. The highest BCUT2D eigenvalue weighted by Crippen LogP contribution is 2.16. The lowest BCUT2D eigenvalue weighted by atomic mass is 10.4. The molecule has 3 rings (SSSR count). The Morgan fingerprint density at radius 3 is 3.00 bits per heavy atom. The molecule has 22 heavy (non-hydrogen) atoms. The van der Waals surface area contributed by atoms with E-state index in [1.807, 2.05) is 6.07 Å². The first-order chi connectivity index (χ1) is 10.7. The minimum Gasteiger partial charge on any atom is -0.455 e. The number of ether oxygens (including phenoxy) is 1. The summed E-state index contributed by atoms with van der Waals surface area (Å²) in [5.74, 6) is 0.862. The fourth-order valence-electron chi connectivity index (χ4n) is 2.57. The zero-order valence-electron chi connectivity index (χ0n) is 12.6. The van der Waals surface area contributed by atoms with Crippen molar-refractivity contribution in [3.8, 4) is 0 Å². The van der Waals surface area contributed by atoms with Gasteiger partial charge in [-0.15, -0.1) is 0 Å². The van der Waals surface area contributed by atoms with Crippen LogP contribution in [0.4, 0.5) is 5.69 Å². The van der Waals surface area contributed by atoms with Gasteiger partial charge in [-0.3, -0.25) is 9.69 Å². The van der Waals surface area contributed by atoms with Gasteiger partial charge >= 0.3 is 0 Å². The highest BCUT2D eigenvalue weighted by atomic mass is 16.5. The largest absolute Gasteiger partial charge is 0.455 e. The van der Waals surface area contributed by atoms with Gasteiger partial charge in [-0.05, 0) is 38.1 Å². The van der Waals surface area contributed by atoms with E-state index in [0.717, 1.165) is 25.4 Å². The number of carbonyl (C=O) groups is 1. The van der Waals surface area contributed by atoms with Crippen molar-refractivity contribution in [1.82, 2.24) is 14.7 Å². The van der Waals surface area contributed by atoms with Crippen LogP contribution in [0, 0.1) is 0 Å². The summed E-state index contributed by atoms with van der Waals surface area (Å²) in [6.45, 7) is 3.30. The molecule has 0 saturated carbocycles. The van der Waals surface area contributed by atoms with Gasteiger partial charge in [0.2, 0.25) is 0 Å². The van der Waals surface area contributed by atoms with Crippen molar-refractivity contribution < 1.29 is 13.9 Å². The number of nitrogens with zero attached hydrogens (tertiary/aromatic N) is 3. The zero-order chi connectivity index (χ0) is 15.4. The molecule has 2 aromatic heterocycles. The topological polar surface area (TPSA) is 72.5 Å². The minimum absolute atomic E-state index is 0.273. The maximum absolute atomic E-state index is 12.1. The summed E-state index contributed by atoms with van der Waals surface area (Å²) < 4.78 is 12.2. The summed E-state index contributed by atoms with van der Waals surface area (Å²) >= 11 is 0. The molecule has 0 unspecified atom stereocenters. The molecule has 2 aromatic rings. The second kappa shape index (κ2) is 6.76. The molecular weight excluding hydrogens is 284 g/mol. The van der Waals surface area contributed by atoms with Crippen LogP contribution < -0.4 is 5.32 Å². The number of furan rings is 1. The zero-order valence-corrected chi connectivity index (χ0v) is 12.6. The second-order valence-corrected chi connectivity index (χ2v) is 5.39. The van der Waals surface area contributed by atoms with E-state index < -0.39 is 0 Å². The number of hydrogen-bond donors (Lipinski definition) is 1. The van der Waals surface area contributed by atoms with Gasteiger partial charge in [0.05, 0.1) is 24.6 Å². The van der Waals surface area contributed by atoms with Gasteiger partial charge in [0.25, 0.3) is 5.91 Å². The van der Waals surface area contributed by atoms with Crippen molar-refractivity contribution in [2.24, 2.45) is 0 Å². The van der Waals surface area contributed by atoms with Crippen molar-refractivity contribution in [1.29, 1.82) is 0 Å². The third-order valence-corrected chi connectivity index (χ3v) is 3.62. The van der Waals surface area contributed by atoms with E-state index in [9.17, 15) is 4.79 Å². The number of carbonyl (C=O) groups excluding carboxylic acids is 1. The monoisotopic (exact) mass is 304 g/mol. The van der Waals surface area contributed by atoms with Crippen molar-refractivity contribution in [3.63, 3.8) is 0 Å². The van der Waals surface area contributed by atoms with Crippen molar-refractivity contribution in [2.45, 2.75) is 26.1 Å². The predicted molar refractivity (Wildman–Crippen MR) is 80.4 cm³/mol. The van der Waals surface area contributed by atoms with Gasteiger partial charge < -0.3 is 14.5 Å². The van der Waals surface area contributed by atoms with Crippen LogP contribution in [0.1, 0.15) is 29.2 Å². The van der Waals surface area contributed by atoms with Crippen LogP contribution in [0.5, 0.6) is 0 Å². The Hall–Kier alpha value is -2.12. The van der Waals surface area contributed by atoms with Crippen LogP contribution in [0.3, 0.4) is 0 Å². The highest BCUT2D eigenvalue weighted by molar-refractivity contribution is 6.02. The molecule has 1 amide bonds. The van der Waals surface area contributed by atoms with Crippen LogP contribution >= 0.6 is 0 Å². The van der Waals surface area contributed by atoms with Gasteiger partial charge in [0.15, 0.2) is 5.76 Å². The van der Waals surface area contributed by atoms with Crippen LogP contribution in [-0.2, 0) is 18.0 Å². The van der Waals surface area contributed by atoms with Gasteiger partial charge in [-0.1, -0.05) is 0 Å². The molecule has 1 aliphatic heterocycles. The van der Waals surface area contributed by atoms with E-state index in [2.05, 4.69) is 15.3 Å². The van der Waals surface area contributed by atoms with E-state index >= 15 is 0 Å². The molecule has 0 aromatic carbocycles. The molecule has 7 nitrogen and oxygen atoms in total. The molecule has 1 fully saturated rings. The van der Waals surface area contributed by atoms with Gasteiger partial charge in [0, 0.05) is 7.11 Å². The Balaban J connectivity index is 1.58. The molecule has 3 heterocycles. The number of nitrogens with one attached hydrogen (secondary N) is 1. The number of anilines is 1. The maximum atomic E-state index is 12.1. The van der Waals surface area contributed by atoms with Crippen LogP contribution in [0.15, 0.2) is 28.9 Å². The maximum Gasteiger partial charge on any atom is 0.291 e. The number of hydrogen-bond acceptors (Lipinski definition) is 5. The normalized spacial score (nSPS) is 15.3. The first kappa shape index (κ1) is 14.8. The van der Waals surface area contributed by atoms with Crippen molar-refractivity contribution in [3.05, 3.63) is 36.0 Å². The summed E-state index contributed by atoms with van der Waals surface area (Å²) in [4.78, 5) is 14.5. The fraction of sp³-hybridized carbons (Fsp3) is 0.467. The van der Waals surface area contributed by atoms with E-state index in [-0.39, 0.29) is 5.91 Å². The summed E-state index contributed by atoms with van der Waals surface area (Å²) in [6, 6.07) is 3.57.